The third-order valence-corrected chi connectivity index (χ3v) is 5.67. The molecule has 0 aliphatic carbocycles. The van der Waals surface area contributed by atoms with Crippen molar-refractivity contribution in [3.05, 3.63) is 61.2 Å². The van der Waals surface area contributed by atoms with E-state index in [4.69, 9.17) is 8.92 Å². The molecule has 166 valence electrons. The van der Waals surface area contributed by atoms with Crippen molar-refractivity contribution < 1.29 is 22.1 Å². The van der Waals surface area contributed by atoms with Crippen molar-refractivity contribution in [2.24, 2.45) is 0 Å². The van der Waals surface area contributed by atoms with Gasteiger partial charge in [-0.2, -0.15) is 8.42 Å². The smallest absolute Gasteiger partial charge is 0.339 e. The lowest BCUT2D eigenvalue weighted by atomic mass is 10.3. The number of hydrogen-bond acceptors (Lipinski definition) is 7. The number of methoxy groups -OCH3 is 1. The van der Waals surface area contributed by atoms with Crippen molar-refractivity contribution in [2.45, 2.75) is 4.90 Å². The maximum Gasteiger partial charge on any atom is 0.339 e. The largest absolute Gasteiger partial charge is 0.383 e. The third kappa shape index (κ3) is 4.87. The molecule has 0 fully saturated rings. The summed E-state index contributed by atoms with van der Waals surface area (Å²) in [6.07, 6.45) is 5.00. The molecule has 2 aromatic carbocycles. The molecule has 32 heavy (non-hydrogen) atoms. The second kappa shape index (κ2) is 9.08. The Morgan fingerprint density at radius 2 is 2.00 bits per heavy atom. The molecule has 0 bridgehead atoms. The molecule has 0 aliphatic heterocycles. The lowest BCUT2D eigenvalue weighted by molar-refractivity contribution is 0.198. The fraction of sp³-hybridized carbons (Fsp3) is 0.150. The zero-order chi connectivity index (χ0) is 22.6. The van der Waals surface area contributed by atoms with Crippen LogP contribution in [-0.2, 0) is 14.9 Å². The van der Waals surface area contributed by atoms with Crippen LogP contribution in [-0.4, -0.2) is 54.2 Å². The van der Waals surface area contributed by atoms with Gasteiger partial charge in [-0.1, -0.05) is 0 Å². The van der Waals surface area contributed by atoms with Crippen molar-refractivity contribution >= 4 is 33.1 Å². The molecule has 0 atom stereocenters. The van der Waals surface area contributed by atoms with Gasteiger partial charge in [-0.3, -0.25) is 5.32 Å². The van der Waals surface area contributed by atoms with Crippen LogP contribution >= 0.6 is 0 Å². The summed E-state index contributed by atoms with van der Waals surface area (Å²) in [6.45, 7) is 0.733. The summed E-state index contributed by atoms with van der Waals surface area (Å²) in [5.41, 5.74) is 1.80. The first kappa shape index (κ1) is 21.3. The van der Waals surface area contributed by atoms with E-state index in [1.54, 1.807) is 41.5 Å². The zero-order valence-corrected chi connectivity index (χ0v) is 17.8. The number of imidazole rings is 2. The molecule has 0 aliphatic rings. The summed E-state index contributed by atoms with van der Waals surface area (Å²) < 4.78 is 37.2. The summed E-state index contributed by atoms with van der Waals surface area (Å²) in [4.78, 5) is 23.0. The number of aromatic amines is 1. The Kier molecular flexibility index (Phi) is 6.05. The van der Waals surface area contributed by atoms with Crippen molar-refractivity contribution in [3.63, 3.8) is 0 Å². The molecule has 0 radical (unpaired) electrons. The molecule has 11 nitrogen and oxygen atoms in total. The number of carbonyl (C=O) groups is 1. The molecule has 0 spiro atoms. The normalized spacial score (nSPS) is 11.4. The fourth-order valence-electron chi connectivity index (χ4n) is 2.89. The monoisotopic (exact) mass is 456 g/mol. The number of H-pyrrole nitrogens is 1. The molecule has 2 aromatic heterocycles. The number of amides is 2. The van der Waals surface area contributed by atoms with Crippen LogP contribution in [0.4, 0.5) is 10.7 Å². The number of ether oxygens (including phenoxy) is 1. The number of urea groups is 1. The molecule has 2 amide bonds. The first-order valence-corrected chi connectivity index (χ1v) is 10.9. The Labute approximate surface area is 183 Å². The van der Waals surface area contributed by atoms with Crippen LogP contribution in [0.5, 0.6) is 5.75 Å². The fourth-order valence-corrected chi connectivity index (χ4v) is 3.81. The number of hydrogen-bond donors (Lipinski definition) is 3. The van der Waals surface area contributed by atoms with E-state index < -0.39 is 16.1 Å². The molecule has 4 rings (SSSR count). The molecule has 4 aromatic rings. The van der Waals surface area contributed by atoms with Gasteiger partial charge in [0.1, 0.15) is 10.6 Å². The number of anilines is 1. The number of nitrogens with one attached hydrogen (secondary N) is 3. The van der Waals surface area contributed by atoms with Crippen molar-refractivity contribution in [2.75, 3.05) is 25.6 Å². The minimum Gasteiger partial charge on any atom is -0.383 e. The highest BCUT2D eigenvalue weighted by molar-refractivity contribution is 7.87. The number of rotatable bonds is 8. The predicted octanol–water partition coefficient (Wildman–Crippen LogP) is 2.28. The molecule has 2 heterocycles. The number of benzene rings is 2. The molecular formula is C20H20N6O5S. The van der Waals surface area contributed by atoms with E-state index in [1.165, 1.54) is 31.4 Å². The molecule has 0 unspecified atom stereocenters. The standard InChI is InChI=1S/C20H20N6O5S/c1-30-11-9-22-20(27)25-19-23-17-7-4-15(12-18(17)24-19)31-32(28,29)16-5-2-14(3-6-16)26-10-8-21-13-26/h2-8,10,12-13H,9,11H2,1H3,(H3,22,23,24,25,27). The number of fused-ring (bicyclic) bond motifs is 1. The van der Waals surface area contributed by atoms with Gasteiger partial charge in [0, 0.05) is 37.8 Å². The highest BCUT2D eigenvalue weighted by Crippen LogP contribution is 2.24. The SMILES string of the molecule is COCCNC(=O)Nc1nc2cc(OS(=O)(=O)c3ccc(-n4ccnc4)cc3)ccc2[nH]1. The molecular weight excluding hydrogens is 436 g/mol. The Morgan fingerprint density at radius 1 is 1.19 bits per heavy atom. The first-order chi connectivity index (χ1) is 15.4. The predicted molar refractivity (Wildman–Crippen MR) is 116 cm³/mol. The van der Waals surface area contributed by atoms with Crippen LogP contribution in [0.25, 0.3) is 16.7 Å². The highest BCUT2D eigenvalue weighted by atomic mass is 32.2. The van der Waals surface area contributed by atoms with Crippen LogP contribution in [0.15, 0.2) is 66.1 Å². The maximum absolute atomic E-state index is 12.7. The van der Waals surface area contributed by atoms with E-state index in [-0.39, 0.29) is 16.6 Å². The van der Waals surface area contributed by atoms with E-state index in [9.17, 15) is 13.2 Å². The summed E-state index contributed by atoms with van der Waals surface area (Å²) in [5.74, 6) is 0.309. The van der Waals surface area contributed by atoms with E-state index >= 15 is 0 Å². The van der Waals surface area contributed by atoms with Crippen LogP contribution < -0.4 is 14.8 Å². The Hall–Kier alpha value is -3.90. The number of aromatic nitrogens is 4. The Balaban J connectivity index is 1.46. The topological polar surface area (TPSA) is 140 Å². The van der Waals surface area contributed by atoms with E-state index in [2.05, 4.69) is 25.6 Å². The van der Waals surface area contributed by atoms with E-state index in [0.717, 1.165) is 5.69 Å². The van der Waals surface area contributed by atoms with Crippen molar-refractivity contribution in [1.82, 2.24) is 24.8 Å². The molecule has 0 saturated heterocycles. The van der Waals surface area contributed by atoms with Gasteiger partial charge >= 0.3 is 16.1 Å². The highest BCUT2D eigenvalue weighted by Gasteiger charge is 2.18. The Bertz CT molecular complexity index is 1320. The number of carbonyl (C=O) groups excluding carboxylic acids is 1. The second-order valence-electron chi connectivity index (χ2n) is 6.64. The average molecular weight is 456 g/mol. The van der Waals surface area contributed by atoms with Gasteiger partial charge < -0.3 is 23.8 Å². The zero-order valence-electron chi connectivity index (χ0n) is 17.0. The van der Waals surface area contributed by atoms with E-state index in [1.807, 2.05) is 0 Å². The quantitative estimate of drug-likeness (QED) is 0.273. The van der Waals surface area contributed by atoms with Crippen LogP contribution in [0, 0.1) is 0 Å². The van der Waals surface area contributed by atoms with Gasteiger partial charge in [0.25, 0.3) is 0 Å². The summed E-state index contributed by atoms with van der Waals surface area (Å²) in [7, 11) is -2.51. The summed E-state index contributed by atoms with van der Waals surface area (Å²) in [6, 6.07) is 10.4. The summed E-state index contributed by atoms with van der Waals surface area (Å²) in [5, 5.41) is 5.17. The first-order valence-electron chi connectivity index (χ1n) is 9.51. The minimum atomic E-state index is -4.05. The van der Waals surface area contributed by atoms with Gasteiger partial charge in [0.05, 0.1) is 24.0 Å². The molecule has 0 saturated carbocycles. The van der Waals surface area contributed by atoms with Crippen LogP contribution in [0.2, 0.25) is 0 Å². The maximum atomic E-state index is 12.7. The molecule has 12 heteroatoms. The average Bonchev–Trinajstić information content (AvgIpc) is 3.43. The van der Waals surface area contributed by atoms with Gasteiger partial charge in [-0.15, -0.1) is 0 Å². The lowest BCUT2D eigenvalue weighted by Gasteiger charge is -2.08. The third-order valence-electron chi connectivity index (χ3n) is 4.41. The van der Waals surface area contributed by atoms with Gasteiger partial charge in [0.15, 0.2) is 0 Å². The van der Waals surface area contributed by atoms with E-state index in [0.29, 0.717) is 24.2 Å². The van der Waals surface area contributed by atoms with Crippen molar-refractivity contribution in [1.29, 1.82) is 0 Å². The van der Waals surface area contributed by atoms with Gasteiger partial charge in [0.2, 0.25) is 5.95 Å². The summed E-state index contributed by atoms with van der Waals surface area (Å²) >= 11 is 0. The second-order valence-corrected chi connectivity index (χ2v) is 8.19. The number of nitrogens with zero attached hydrogens (tertiary/aromatic N) is 3. The van der Waals surface area contributed by atoms with Gasteiger partial charge in [-0.05, 0) is 36.4 Å². The minimum absolute atomic E-state index is 0.0126. The van der Waals surface area contributed by atoms with Crippen molar-refractivity contribution in [3.8, 4) is 11.4 Å². The van der Waals surface area contributed by atoms with Gasteiger partial charge in [-0.25, -0.2) is 14.8 Å². The molecule has 3 N–H and O–H groups in total. The lowest BCUT2D eigenvalue weighted by Crippen LogP contribution is -2.31. The van der Waals surface area contributed by atoms with Crippen LogP contribution in [0.3, 0.4) is 0 Å². The Morgan fingerprint density at radius 3 is 2.72 bits per heavy atom. The van der Waals surface area contributed by atoms with Crippen LogP contribution in [0.1, 0.15) is 0 Å².